The number of fused-ring (bicyclic) bond motifs is 1. The molecule has 0 spiro atoms. The third kappa shape index (κ3) is 5.41. The van der Waals surface area contributed by atoms with E-state index in [0.29, 0.717) is 29.0 Å². The first-order valence-electron chi connectivity index (χ1n) is 11.5. The van der Waals surface area contributed by atoms with Crippen LogP contribution >= 0.6 is 11.3 Å². The monoisotopic (exact) mass is 491 g/mol. The Hall–Kier alpha value is -3.56. The third-order valence-corrected chi connectivity index (χ3v) is 6.85. The molecule has 2 aromatic heterocycles. The number of aromatic nitrogens is 2. The molecule has 0 bridgehead atoms. The van der Waals surface area contributed by atoms with Crippen molar-refractivity contribution in [3.63, 3.8) is 0 Å². The Bertz CT molecular complexity index is 1380. The minimum atomic E-state index is -0.224. The summed E-state index contributed by atoms with van der Waals surface area (Å²) in [4.78, 5) is 22.7. The fourth-order valence-electron chi connectivity index (χ4n) is 4.40. The number of piperidine rings is 1. The molecule has 1 aliphatic heterocycles. The summed E-state index contributed by atoms with van der Waals surface area (Å²) >= 11 is 1.47. The Morgan fingerprint density at radius 1 is 1.17 bits per heavy atom. The minimum Gasteiger partial charge on any atom is -0.437 e. The number of ether oxygens (including phenoxy) is 1. The fourth-order valence-corrected chi connectivity index (χ4v) is 5.15. The molecule has 9 heteroatoms. The number of amides is 1. The summed E-state index contributed by atoms with van der Waals surface area (Å²) in [6.07, 6.45) is 2.07. The number of nitrogens with zero attached hydrogens (tertiary/aromatic N) is 3. The van der Waals surface area contributed by atoms with E-state index >= 15 is 4.39 Å². The highest BCUT2D eigenvalue weighted by atomic mass is 32.1. The van der Waals surface area contributed by atoms with E-state index in [9.17, 15) is 4.79 Å². The number of likely N-dealkylation sites (N-methyl/N-ethyl adjacent to an activating group) is 1. The number of thiophene rings is 1. The largest absolute Gasteiger partial charge is 0.437 e. The predicted molar refractivity (Wildman–Crippen MR) is 137 cm³/mol. The van der Waals surface area contributed by atoms with Gasteiger partial charge in [0.25, 0.3) is 0 Å². The predicted octanol–water partition coefficient (Wildman–Crippen LogP) is 6.13. The molecule has 7 nitrogen and oxygen atoms in total. The molecule has 1 atom stereocenters. The van der Waals surface area contributed by atoms with Gasteiger partial charge in [-0.05, 0) is 73.6 Å². The van der Waals surface area contributed by atoms with Gasteiger partial charge in [-0.1, -0.05) is 12.1 Å². The van der Waals surface area contributed by atoms with Crippen LogP contribution in [0.5, 0.6) is 11.6 Å². The summed E-state index contributed by atoms with van der Waals surface area (Å²) in [5, 5.41) is 7.78. The van der Waals surface area contributed by atoms with Gasteiger partial charge in [-0.3, -0.25) is 4.79 Å². The van der Waals surface area contributed by atoms with Crippen LogP contribution in [0, 0.1) is 5.82 Å². The number of carbonyl (C=O) groups excluding carboxylic acids is 1. The Kier molecular flexibility index (Phi) is 6.61. The summed E-state index contributed by atoms with van der Waals surface area (Å²) in [7, 11) is 2.08. The summed E-state index contributed by atoms with van der Waals surface area (Å²) in [6, 6.07) is 14.2. The molecule has 4 aromatic rings. The number of rotatable bonds is 6. The fraction of sp³-hybridized carbons (Fsp3) is 0.269. The number of likely N-dealkylation sites (tertiary alicyclic amines) is 1. The zero-order chi connectivity index (χ0) is 24.4. The maximum atomic E-state index is 15.0. The lowest BCUT2D eigenvalue weighted by Gasteiger charge is -2.30. The van der Waals surface area contributed by atoms with Crippen LogP contribution in [-0.2, 0) is 4.79 Å². The molecule has 1 aliphatic rings. The molecular weight excluding hydrogens is 465 g/mol. The minimum absolute atomic E-state index is 0.162. The number of nitrogens with one attached hydrogen (secondary N) is 2. The number of anilines is 3. The van der Waals surface area contributed by atoms with Crippen LogP contribution in [0.4, 0.5) is 21.7 Å². The van der Waals surface area contributed by atoms with E-state index in [1.165, 1.54) is 24.3 Å². The molecule has 0 saturated carbocycles. The van der Waals surface area contributed by atoms with E-state index in [1.807, 2.05) is 23.6 Å². The quantitative estimate of drug-likeness (QED) is 0.338. The molecule has 0 aliphatic carbocycles. The molecule has 5 rings (SSSR count). The van der Waals surface area contributed by atoms with Gasteiger partial charge in [0.15, 0.2) is 0 Å². The first-order chi connectivity index (χ1) is 16.9. The van der Waals surface area contributed by atoms with Gasteiger partial charge < -0.3 is 20.3 Å². The lowest BCUT2D eigenvalue weighted by molar-refractivity contribution is -0.114. The number of carbonyl (C=O) groups is 1. The lowest BCUT2D eigenvalue weighted by Crippen LogP contribution is -2.31. The second-order valence-corrected chi connectivity index (χ2v) is 9.68. The SMILES string of the molecule is CC(=O)Nc1cccc(Oc2nc(Nc3ccc(C4CCCN(C)C4)c(F)c3)nc3ccsc23)c1. The van der Waals surface area contributed by atoms with Gasteiger partial charge in [-0.15, -0.1) is 11.3 Å². The second kappa shape index (κ2) is 9.97. The maximum absolute atomic E-state index is 15.0. The standard InChI is InChI=1S/C26H26FN5O2S/c1-16(33)28-18-6-3-7-20(13-18)34-25-24-23(10-12-35-24)30-26(31-25)29-19-8-9-21(22(27)14-19)17-5-4-11-32(2)15-17/h3,6-10,12-14,17H,4-5,11,15H2,1-2H3,(H,28,33)(H,29,30,31). The molecule has 1 unspecified atom stereocenters. The molecule has 180 valence electrons. The molecule has 0 radical (unpaired) electrons. The van der Waals surface area contributed by atoms with Crippen molar-refractivity contribution in [2.45, 2.75) is 25.7 Å². The van der Waals surface area contributed by atoms with E-state index in [4.69, 9.17) is 4.74 Å². The molecule has 1 amide bonds. The topological polar surface area (TPSA) is 79.4 Å². The highest BCUT2D eigenvalue weighted by molar-refractivity contribution is 7.17. The van der Waals surface area contributed by atoms with Crippen LogP contribution in [-0.4, -0.2) is 40.9 Å². The van der Waals surface area contributed by atoms with Gasteiger partial charge in [-0.2, -0.15) is 4.98 Å². The maximum Gasteiger partial charge on any atom is 0.242 e. The van der Waals surface area contributed by atoms with Crippen molar-refractivity contribution in [2.75, 3.05) is 30.8 Å². The number of halogens is 1. The zero-order valence-electron chi connectivity index (χ0n) is 19.5. The van der Waals surface area contributed by atoms with Crippen LogP contribution in [0.15, 0.2) is 53.9 Å². The van der Waals surface area contributed by atoms with E-state index in [2.05, 4.69) is 32.5 Å². The van der Waals surface area contributed by atoms with Crippen molar-refractivity contribution in [3.05, 3.63) is 65.3 Å². The van der Waals surface area contributed by atoms with Gasteiger partial charge in [0.1, 0.15) is 16.3 Å². The van der Waals surface area contributed by atoms with Crippen molar-refractivity contribution in [2.24, 2.45) is 0 Å². The third-order valence-electron chi connectivity index (χ3n) is 5.96. The summed E-state index contributed by atoms with van der Waals surface area (Å²) in [5.41, 5.74) is 2.68. The Labute approximate surface area is 207 Å². The van der Waals surface area contributed by atoms with Crippen molar-refractivity contribution in [1.82, 2.24) is 14.9 Å². The van der Waals surface area contributed by atoms with Crippen molar-refractivity contribution < 1.29 is 13.9 Å². The van der Waals surface area contributed by atoms with Crippen molar-refractivity contribution >= 4 is 44.8 Å². The summed E-state index contributed by atoms with van der Waals surface area (Å²) in [6.45, 7) is 3.38. The first-order valence-corrected chi connectivity index (χ1v) is 12.4. The second-order valence-electron chi connectivity index (χ2n) is 8.76. The zero-order valence-corrected chi connectivity index (χ0v) is 20.4. The van der Waals surface area contributed by atoms with Crippen LogP contribution in [0.25, 0.3) is 10.2 Å². The molecule has 2 N–H and O–H groups in total. The number of hydrogen-bond acceptors (Lipinski definition) is 7. The van der Waals surface area contributed by atoms with Crippen LogP contribution in [0.1, 0.15) is 31.2 Å². The van der Waals surface area contributed by atoms with Gasteiger partial charge in [0.05, 0.1) is 5.52 Å². The first kappa shape index (κ1) is 23.2. The molecule has 3 heterocycles. The van der Waals surface area contributed by atoms with E-state index < -0.39 is 0 Å². The van der Waals surface area contributed by atoms with Gasteiger partial charge in [-0.25, -0.2) is 9.37 Å². The van der Waals surface area contributed by atoms with Crippen molar-refractivity contribution in [1.29, 1.82) is 0 Å². The van der Waals surface area contributed by atoms with Crippen LogP contribution in [0.2, 0.25) is 0 Å². The van der Waals surface area contributed by atoms with E-state index in [0.717, 1.165) is 41.7 Å². The van der Waals surface area contributed by atoms with Gasteiger partial charge in [0, 0.05) is 30.9 Å². The average molecular weight is 492 g/mol. The number of hydrogen-bond donors (Lipinski definition) is 2. The Morgan fingerprint density at radius 3 is 2.86 bits per heavy atom. The molecule has 2 aromatic carbocycles. The van der Waals surface area contributed by atoms with Crippen LogP contribution < -0.4 is 15.4 Å². The Morgan fingerprint density at radius 2 is 2.06 bits per heavy atom. The smallest absolute Gasteiger partial charge is 0.242 e. The Balaban J connectivity index is 1.39. The molecule has 1 fully saturated rings. The van der Waals surface area contributed by atoms with Gasteiger partial charge >= 0.3 is 0 Å². The molecule has 1 saturated heterocycles. The summed E-state index contributed by atoms with van der Waals surface area (Å²) in [5.74, 6) is 1.05. The summed E-state index contributed by atoms with van der Waals surface area (Å²) < 4.78 is 21.9. The highest BCUT2D eigenvalue weighted by Gasteiger charge is 2.22. The highest BCUT2D eigenvalue weighted by Crippen LogP contribution is 2.34. The van der Waals surface area contributed by atoms with E-state index in [-0.39, 0.29) is 17.6 Å². The van der Waals surface area contributed by atoms with Crippen molar-refractivity contribution in [3.8, 4) is 11.6 Å². The number of benzene rings is 2. The lowest BCUT2D eigenvalue weighted by atomic mass is 9.90. The van der Waals surface area contributed by atoms with E-state index in [1.54, 1.807) is 24.3 Å². The normalized spacial score (nSPS) is 16.3. The van der Waals surface area contributed by atoms with Gasteiger partial charge in [0.2, 0.25) is 17.7 Å². The average Bonchev–Trinajstić information content (AvgIpc) is 3.28. The molecule has 35 heavy (non-hydrogen) atoms. The molecular formula is C26H26FN5O2S. The van der Waals surface area contributed by atoms with Crippen LogP contribution in [0.3, 0.4) is 0 Å².